The van der Waals surface area contributed by atoms with E-state index < -0.39 is 12.2 Å². The molecule has 3 nitrogen and oxygen atoms in total. The molecule has 0 spiro atoms. The van der Waals surface area contributed by atoms with Gasteiger partial charge in [-0.15, -0.1) is 6.58 Å². The number of hydrogen-bond acceptors (Lipinski definition) is 3. The molecule has 0 rings (SSSR count). The summed E-state index contributed by atoms with van der Waals surface area (Å²) in [5, 5.41) is 19.2. The molecule has 0 aliphatic rings. The molecule has 0 aromatic heterocycles. The van der Waals surface area contributed by atoms with E-state index in [1.807, 2.05) is 7.05 Å². The SMILES string of the molecule is C=C[C@@H](O)[C@H](O)CN(C)CCCCCCCCCCCCCCCC. The highest BCUT2D eigenvalue weighted by atomic mass is 16.3. The van der Waals surface area contributed by atoms with Crippen molar-refractivity contribution in [1.82, 2.24) is 4.90 Å². The van der Waals surface area contributed by atoms with Crippen LogP contribution >= 0.6 is 0 Å². The van der Waals surface area contributed by atoms with Crippen molar-refractivity contribution >= 4 is 0 Å². The average Bonchev–Trinajstić information content (AvgIpc) is 2.61. The lowest BCUT2D eigenvalue weighted by atomic mass is 10.0. The van der Waals surface area contributed by atoms with E-state index in [4.69, 9.17) is 0 Å². The molecule has 2 N–H and O–H groups in total. The minimum Gasteiger partial charge on any atom is -0.389 e. The molecule has 0 bridgehead atoms. The van der Waals surface area contributed by atoms with Crippen molar-refractivity contribution in [3.8, 4) is 0 Å². The van der Waals surface area contributed by atoms with Crippen LogP contribution in [0.5, 0.6) is 0 Å². The van der Waals surface area contributed by atoms with Gasteiger partial charge in [0.1, 0.15) is 0 Å². The molecular formula is C22H45NO2. The first-order valence-electron chi connectivity index (χ1n) is 10.8. The van der Waals surface area contributed by atoms with E-state index in [1.54, 1.807) is 0 Å². The van der Waals surface area contributed by atoms with Gasteiger partial charge in [-0.2, -0.15) is 0 Å². The third-order valence-electron chi connectivity index (χ3n) is 5.03. The van der Waals surface area contributed by atoms with Gasteiger partial charge >= 0.3 is 0 Å². The maximum absolute atomic E-state index is 9.74. The van der Waals surface area contributed by atoms with Crippen LogP contribution < -0.4 is 0 Å². The smallest absolute Gasteiger partial charge is 0.0989 e. The van der Waals surface area contributed by atoms with Gasteiger partial charge in [-0.05, 0) is 20.0 Å². The molecule has 0 fully saturated rings. The summed E-state index contributed by atoms with van der Waals surface area (Å²) in [7, 11) is 2.00. The predicted molar refractivity (Wildman–Crippen MR) is 110 cm³/mol. The fourth-order valence-corrected chi connectivity index (χ4v) is 3.25. The van der Waals surface area contributed by atoms with Crippen molar-refractivity contribution in [2.45, 2.75) is 109 Å². The Labute approximate surface area is 157 Å². The third-order valence-corrected chi connectivity index (χ3v) is 5.03. The highest BCUT2D eigenvalue weighted by Gasteiger charge is 2.14. The second-order valence-electron chi connectivity index (χ2n) is 7.65. The van der Waals surface area contributed by atoms with Crippen LogP contribution in [-0.2, 0) is 0 Å². The van der Waals surface area contributed by atoms with E-state index in [-0.39, 0.29) is 0 Å². The minimum absolute atomic E-state index is 0.506. The summed E-state index contributed by atoms with van der Waals surface area (Å²) in [6.45, 7) is 7.27. The Morgan fingerprint density at radius 3 is 1.56 bits per heavy atom. The number of hydrogen-bond donors (Lipinski definition) is 2. The van der Waals surface area contributed by atoms with Crippen LogP contribution in [-0.4, -0.2) is 47.5 Å². The lowest BCUT2D eigenvalue weighted by Gasteiger charge is -2.22. The fourth-order valence-electron chi connectivity index (χ4n) is 3.25. The summed E-state index contributed by atoms with van der Waals surface area (Å²) in [6.07, 6.45) is 19.1. The maximum atomic E-state index is 9.74. The zero-order valence-corrected chi connectivity index (χ0v) is 17.1. The number of aliphatic hydroxyl groups is 2. The second-order valence-corrected chi connectivity index (χ2v) is 7.65. The highest BCUT2D eigenvalue weighted by molar-refractivity contribution is 4.85. The summed E-state index contributed by atoms with van der Waals surface area (Å²) in [6, 6.07) is 0. The normalized spacial score (nSPS) is 14.0. The first-order chi connectivity index (χ1) is 12.1. The molecule has 0 aromatic rings. The molecule has 0 heterocycles. The van der Waals surface area contributed by atoms with Crippen LogP contribution in [0.2, 0.25) is 0 Å². The Morgan fingerprint density at radius 2 is 1.16 bits per heavy atom. The van der Waals surface area contributed by atoms with E-state index in [0.717, 1.165) is 6.54 Å². The number of aliphatic hydroxyl groups excluding tert-OH is 2. The largest absolute Gasteiger partial charge is 0.389 e. The molecule has 0 unspecified atom stereocenters. The zero-order chi connectivity index (χ0) is 18.8. The summed E-state index contributed by atoms with van der Waals surface area (Å²) in [5.41, 5.74) is 0. The Balaban J connectivity index is 3.24. The standard InChI is InChI=1S/C22H45NO2/c1-4-6-7-8-9-10-11-12-13-14-15-16-17-18-19-23(3)20-22(25)21(24)5-2/h5,21-22,24-25H,2,4,6-20H2,1,3H3/t21-,22-/m1/s1. The van der Waals surface area contributed by atoms with Gasteiger partial charge in [0.2, 0.25) is 0 Å². The molecule has 0 aliphatic carbocycles. The third kappa shape index (κ3) is 16.8. The lowest BCUT2D eigenvalue weighted by molar-refractivity contribution is 0.0273. The van der Waals surface area contributed by atoms with Crippen molar-refractivity contribution in [2.75, 3.05) is 20.1 Å². The Kier molecular flexibility index (Phi) is 18.1. The Morgan fingerprint density at radius 1 is 0.760 bits per heavy atom. The van der Waals surface area contributed by atoms with Crippen molar-refractivity contribution in [1.29, 1.82) is 0 Å². The van der Waals surface area contributed by atoms with Gasteiger partial charge in [-0.25, -0.2) is 0 Å². The Hall–Kier alpha value is -0.380. The van der Waals surface area contributed by atoms with Crippen LogP contribution in [0.4, 0.5) is 0 Å². The van der Waals surface area contributed by atoms with Gasteiger partial charge in [0, 0.05) is 6.54 Å². The van der Waals surface area contributed by atoms with Crippen molar-refractivity contribution in [3.63, 3.8) is 0 Å². The van der Waals surface area contributed by atoms with E-state index >= 15 is 0 Å². The molecule has 0 radical (unpaired) electrons. The van der Waals surface area contributed by atoms with Gasteiger partial charge in [-0.3, -0.25) is 0 Å². The second kappa shape index (κ2) is 18.4. The molecule has 0 aromatic carbocycles. The maximum Gasteiger partial charge on any atom is 0.0989 e. The Bertz CT molecular complexity index is 283. The zero-order valence-electron chi connectivity index (χ0n) is 17.1. The summed E-state index contributed by atoms with van der Waals surface area (Å²) in [4.78, 5) is 2.10. The van der Waals surface area contributed by atoms with Crippen LogP contribution in [0.3, 0.4) is 0 Å². The number of rotatable bonds is 19. The van der Waals surface area contributed by atoms with Crippen LogP contribution in [0.25, 0.3) is 0 Å². The van der Waals surface area contributed by atoms with Gasteiger partial charge in [0.15, 0.2) is 0 Å². The predicted octanol–water partition coefficient (Wildman–Crippen LogP) is 5.31. The molecule has 0 saturated heterocycles. The van der Waals surface area contributed by atoms with Gasteiger partial charge in [-0.1, -0.05) is 96.5 Å². The summed E-state index contributed by atoms with van der Waals surface area (Å²) in [5.74, 6) is 0. The molecule has 150 valence electrons. The van der Waals surface area contributed by atoms with Gasteiger partial charge in [0.05, 0.1) is 12.2 Å². The van der Waals surface area contributed by atoms with E-state index in [2.05, 4.69) is 18.4 Å². The monoisotopic (exact) mass is 355 g/mol. The molecule has 0 amide bonds. The van der Waals surface area contributed by atoms with Crippen molar-refractivity contribution in [3.05, 3.63) is 12.7 Å². The quantitative estimate of drug-likeness (QED) is 0.244. The van der Waals surface area contributed by atoms with Crippen molar-refractivity contribution in [2.24, 2.45) is 0 Å². The number of unbranched alkanes of at least 4 members (excludes halogenated alkanes) is 13. The van der Waals surface area contributed by atoms with Crippen LogP contribution in [0.15, 0.2) is 12.7 Å². The molecule has 2 atom stereocenters. The lowest BCUT2D eigenvalue weighted by Crippen LogP contribution is -2.36. The van der Waals surface area contributed by atoms with Crippen LogP contribution in [0.1, 0.15) is 96.8 Å². The molecule has 3 heteroatoms. The van der Waals surface area contributed by atoms with Gasteiger partial charge in [0.25, 0.3) is 0 Å². The first kappa shape index (κ1) is 24.6. The van der Waals surface area contributed by atoms with E-state index in [9.17, 15) is 10.2 Å². The van der Waals surface area contributed by atoms with E-state index in [0.29, 0.717) is 6.54 Å². The summed E-state index contributed by atoms with van der Waals surface area (Å²) < 4.78 is 0. The molecule has 25 heavy (non-hydrogen) atoms. The summed E-state index contributed by atoms with van der Waals surface area (Å²) >= 11 is 0. The first-order valence-corrected chi connectivity index (χ1v) is 10.8. The topological polar surface area (TPSA) is 43.7 Å². The van der Waals surface area contributed by atoms with E-state index in [1.165, 1.54) is 96.0 Å². The van der Waals surface area contributed by atoms with Crippen molar-refractivity contribution < 1.29 is 10.2 Å². The number of likely N-dealkylation sites (N-methyl/N-ethyl adjacent to an activating group) is 1. The molecule has 0 aliphatic heterocycles. The van der Waals surface area contributed by atoms with Crippen LogP contribution in [0, 0.1) is 0 Å². The average molecular weight is 356 g/mol. The molecular weight excluding hydrogens is 310 g/mol. The molecule has 0 saturated carbocycles. The minimum atomic E-state index is -0.821. The number of nitrogens with zero attached hydrogens (tertiary/aromatic N) is 1. The van der Waals surface area contributed by atoms with Gasteiger partial charge < -0.3 is 15.1 Å². The highest BCUT2D eigenvalue weighted by Crippen LogP contribution is 2.13. The fraction of sp³-hybridized carbons (Fsp3) is 0.909.